The summed E-state index contributed by atoms with van der Waals surface area (Å²) in [4.78, 5) is 10.9. The smallest absolute Gasteiger partial charge is 0.335 e. The lowest BCUT2D eigenvalue weighted by atomic mass is 10.2. The first-order chi connectivity index (χ1) is 10.1. The van der Waals surface area contributed by atoms with Crippen LogP contribution in [-0.4, -0.2) is 17.6 Å². The SMILES string of the molecule is O=C(O)c1ccc(Cl)c(NC/C=C/c2ccc(Cl)cc2)c1. The summed E-state index contributed by atoms with van der Waals surface area (Å²) < 4.78 is 0. The van der Waals surface area contributed by atoms with E-state index in [-0.39, 0.29) is 5.56 Å². The second-order valence-electron chi connectivity index (χ2n) is 4.33. The average molecular weight is 322 g/mol. The third-order valence-corrected chi connectivity index (χ3v) is 3.39. The molecule has 0 bridgehead atoms. The van der Waals surface area contributed by atoms with E-state index in [4.69, 9.17) is 28.3 Å². The molecule has 2 rings (SSSR count). The molecule has 0 aliphatic carbocycles. The van der Waals surface area contributed by atoms with Gasteiger partial charge in [0.2, 0.25) is 0 Å². The summed E-state index contributed by atoms with van der Waals surface area (Å²) >= 11 is 11.8. The zero-order valence-electron chi connectivity index (χ0n) is 11.0. The number of hydrogen-bond donors (Lipinski definition) is 2. The van der Waals surface area contributed by atoms with Gasteiger partial charge in [-0.1, -0.05) is 47.5 Å². The Morgan fingerprint density at radius 1 is 1.14 bits per heavy atom. The van der Waals surface area contributed by atoms with Gasteiger partial charge in [-0.05, 0) is 35.9 Å². The molecular weight excluding hydrogens is 309 g/mol. The fourth-order valence-electron chi connectivity index (χ4n) is 1.73. The van der Waals surface area contributed by atoms with Crippen molar-refractivity contribution < 1.29 is 9.90 Å². The highest BCUT2D eigenvalue weighted by Gasteiger charge is 2.06. The average Bonchev–Trinajstić information content (AvgIpc) is 2.47. The van der Waals surface area contributed by atoms with Crippen molar-refractivity contribution in [3.05, 3.63) is 69.7 Å². The molecule has 0 aliphatic rings. The van der Waals surface area contributed by atoms with Gasteiger partial charge in [0.15, 0.2) is 0 Å². The Morgan fingerprint density at radius 3 is 2.52 bits per heavy atom. The maximum Gasteiger partial charge on any atom is 0.335 e. The summed E-state index contributed by atoms with van der Waals surface area (Å²) in [6.07, 6.45) is 3.87. The van der Waals surface area contributed by atoms with Crippen LogP contribution in [0.3, 0.4) is 0 Å². The van der Waals surface area contributed by atoms with Gasteiger partial charge in [0, 0.05) is 11.6 Å². The van der Waals surface area contributed by atoms with Crippen molar-refractivity contribution >= 4 is 40.9 Å². The number of aromatic carboxylic acids is 1. The van der Waals surface area contributed by atoms with Crippen LogP contribution in [0.25, 0.3) is 6.08 Å². The van der Waals surface area contributed by atoms with Crippen LogP contribution in [0.5, 0.6) is 0 Å². The standard InChI is InChI=1S/C16H13Cl2NO2/c17-13-6-3-11(4-7-13)2-1-9-19-15-10-12(16(20)21)5-8-14(15)18/h1-8,10,19H,9H2,(H,20,21)/b2-1+. The third-order valence-electron chi connectivity index (χ3n) is 2.80. The molecule has 108 valence electrons. The maximum atomic E-state index is 10.9. The minimum Gasteiger partial charge on any atom is -0.478 e. The second-order valence-corrected chi connectivity index (χ2v) is 5.18. The minimum absolute atomic E-state index is 0.198. The molecule has 0 radical (unpaired) electrons. The van der Waals surface area contributed by atoms with Gasteiger partial charge in [-0.25, -0.2) is 4.79 Å². The predicted octanol–water partition coefficient (Wildman–Crippen LogP) is 4.82. The van der Waals surface area contributed by atoms with Crippen molar-refractivity contribution in [1.29, 1.82) is 0 Å². The van der Waals surface area contributed by atoms with Gasteiger partial charge >= 0.3 is 5.97 Å². The van der Waals surface area contributed by atoms with E-state index < -0.39 is 5.97 Å². The van der Waals surface area contributed by atoms with E-state index in [0.717, 1.165) is 5.56 Å². The van der Waals surface area contributed by atoms with Crippen molar-refractivity contribution in [2.45, 2.75) is 0 Å². The number of carboxylic acid groups (broad SMARTS) is 1. The molecule has 0 fully saturated rings. The Labute approximate surface area is 132 Å². The summed E-state index contributed by atoms with van der Waals surface area (Å²) in [7, 11) is 0. The van der Waals surface area contributed by atoms with Crippen molar-refractivity contribution in [1.82, 2.24) is 0 Å². The van der Waals surface area contributed by atoms with Crippen molar-refractivity contribution in [3.8, 4) is 0 Å². The molecule has 0 unspecified atom stereocenters. The lowest BCUT2D eigenvalue weighted by Crippen LogP contribution is -2.02. The zero-order chi connectivity index (χ0) is 15.2. The lowest BCUT2D eigenvalue weighted by Gasteiger charge is -2.07. The second kappa shape index (κ2) is 7.16. The van der Waals surface area contributed by atoms with Crippen LogP contribution in [0.2, 0.25) is 10.0 Å². The van der Waals surface area contributed by atoms with Crippen LogP contribution >= 0.6 is 23.2 Å². The number of halogens is 2. The zero-order valence-corrected chi connectivity index (χ0v) is 12.5. The van der Waals surface area contributed by atoms with Crippen LogP contribution in [0.15, 0.2) is 48.5 Å². The number of carbonyl (C=O) groups is 1. The van der Waals surface area contributed by atoms with Crippen LogP contribution in [0, 0.1) is 0 Å². The van der Waals surface area contributed by atoms with Gasteiger partial charge in [-0.3, -0.25) is 0 Å². The Bertz CT molecular complexity index is 666. The summed E-state index contributed by atoms with van der Waals surface area (Å²) in [6, 6.07) is 12.0. The highest BCUT2D eigenvalue weighted by atomic mass is 35.5. The molecule has 3 nitrogen and oxygen atoms in total. The molecule has 0 aliphatic heterocycles. The number of anilines is 1. The molecule has 2 aromatic rings. The van der Waals surface area contributed by atoms with E-state index in [1.165, 1.54) is 12.1 Å². The van der Waals surface area contributed by atoms with Gasteiger partial charge in [-0.15, -0.1) is 0 Å². The Morgan fingerprint density at radius 2 is 1.86 bits per heavy atom. The molecule has 5 heteroatoms. The maximum absolute atomic E-state index is 10.9. The van der Waals surface area contributed by atoms with Gasteiger partial charge < -0.3 is 10.4 Å². The van der Waals surface area contributed by atoms with E-state index in [1.54, 1.807) is 6.07 Å². The van der Waals surface area contributed by atoms with E-state index in [1.807, 2.05) is 36.4 Å². The largest absolute Gasteiger partial charge is 0.478 e. The van der Waals surface area contributed by atoms with Crippen LogP contribution < -0.4 is 5.32 Å². The Hall–Kier alpha value is -1.97. The van der Waals surface area contributed by atoms with E-state index >= 15 is 0 Å². The molecule has 0 aromatic heterocycles. The van der Waals surface area contributed by atoms with Crippen molar-refractivity contribution in [3.63, 3.8) is 0 Å². The summed E-state index contributed by atoms with van der Waals surface area (Å²) in [5, 5.41) is 13.2. The van der Waals surface area contributed by atoms with Gasteiger partial charge in [-0.2, -0.15) is 0 Å². The Balaban J connectivity index is 1.98. The number of hydrogen-bond acceptors (Lipinski definition) is 2. The number of nitrogens with one attached hydrogen (secondary N) is 1. The molecule has 0 amide bonds. The molecule has 2 aromatic carbocycles. The van der Waals surface area contributed by atoms with Crippen molar-refractivity contribution in [2.75, 3.05) is 11.9 Å². The van der Waals surface area contributed by atoms with Crippen LogP contribution in [0.4, 0.5) is 5.69 Å². The van der Waals surface area contributed by atoms with E-state index in [9.17, 15) is 4.79 Å². The lowest BCUT2D eigenvalue weighted by molar-refractivity contribution is 0.0697. The van der Waals surface area contributed by atoms with Gasteiger partial charge in [0.05, 0.1) is 16.3 Å². The number of rotatable bonds is 5. The van der Waals surface area contributed by atoms with Gasteiger partial charge in [0.1, 0.15) is 0 Å². The fourth-order valence-corrected chi connectivity index (χ4v) is 2.04. The highest BCUT2D eigenvalue weighted by Crippen LogP contribution is 2.23. The minimum atomic E-state index is -0.980. The Kier molecular flexibility index (Phi) is 5.26. The third kappa shape index (κ3) is 4.52. The first kappa shape index (κ1) is 15.4. The fraction of sp³-hybridized carbons (Fsp3) is 0.0625. The molecular formula is C16H13Cl2NO2. The molecule has 0 spiro atoms. The topological polar surface area (TPSA) is 49.3 Å². The summed E-state index contributed by atoms with van der Waals surface area (Å²) in [5.74, 6) is -0.980. The quantitative estimate of drug-likeness (QED) is 0.830. The highest BCUT2D eigenvalue weighted by molar-refractivity contribution is 6.33. The molecule has 21 heavy (non-hydrogen) atoms. The molecule has 2 N–H and O–H groups in total. The van der Waals surface area contributed by atoms with E-state index in [2.05, 4.69) is 5.32 Å². The molecule has 0 atom stereocenters. The normalized spacial score (nSPS) is 10.8. The van der Waals surface area contributed by atoms with Crippen LogP contribution in [0.1, 0.15) is 15.9 Å². The number of benzene rings is 2. The van der Waals surface area contributed by atoms with Crippen molar-refractivity contribution in [2.24, 2.45) is 0 Å². The monoisotopic (exact) mass is 321 g/mol. The summed E-state index contributed by atoms with van der Waals surface area (Å²) in [5.41, 5.74) is 1.83. The molecule has 0 saturated heterocycles. The molecule has 0 saturated carbocycles. The summed E-state index contributed by atoms with van der Waals surface area (Å²) in [6.45, 7) is 0.533. The van der Waals surface area contributed by atoms with Crippen LogP contribution in [-0.2, 0) is 0 Å². The molecule has 0 heterocycles. The van der Waals surface area contributed by atoms with E-state index in [0.29, 0.717) is 22.3 Å². The first-order valence-electron chi connectivity index (χ1n) is 6.25. The van der Waals surface area contributed by atoms with Gasteiger partial charge in [0.25, 0.3) is 0 Å². The predicted molar refractivity (Wildman–Crippen MR) is 87.4 cm³/mol. The first-order valence-corrected chi connectivity index (χ1v) is 7.00. The number of carboxylic acids is 1.